The number of thioether (sulfide) groups is 1. The van der Waals surface area contributed by atoms with Crippen molar-refractivity contribution >= 4 is 29.1 Å². The molecular weight excluding hydrogens is 216 g/mol. The lowest BCUT2D eigenvalue weighted by atomic mass is 10.2. The SMILES string of the molecule is CCSc1ccc(CCCC(=O)O)s1. The average molecular weight is 230 g/mol. The first-order valence-electron chi connectivity index (χ1n) is 4.65. The molecule has 0 amide bonds. The van der Waals surface area contributed by atoms with Gasteiger partial charge in [-0.05, 0) is 30.7 Å². The van der Waals surface area contributed by atoms with Crippen molar-refractivity contribution < 1.29 is 9.90 Å². The van der Waals surface area contributed by atoms with Crippen LogP contribution in [0.3, 0.4) is 0 Å². The van der Waals surface area contributed by atoms with Crippen molar-refractivity contribution in [3.63, 3.8) is 0 Å². The van der Waals surface area contributed by atoms with Crippen molar-refractivity contribution in [2.75, 3.05) is 5.75 Å². The fourth-order valence-corrected chi connectivity index (χ4v) is 3.26. The zero-order chi connectivity index (χ0) is 10.4. The van der Waals surface area contributed by atoms with Gasteiger partial charge in [-0.2, -0.15) is 0 Å². The Morgan fingerprint density at radius 3 is 3.00 bits per heavy atom. The van der Waals surface area contributed by atoms with Gasteiger partial charge in [0.2, 0.25) is 0 Å². The monoisotopic (exact) mass is 230 g/mol. The first-order chi connectivity index (χ1) is 6.72. The Morgan fingerprint density at radius 1 is 1.57 bits per heavy atom. The molecule has 0 aromatic carbocycles. The van der Waals surface area contributed by atoms with E-state index in [2.05, 4.69) is 19.1 Å². The maximum Gasteiger partial charge on any atom is 0.303 e. The van der Waals surface area contributed by atoms with E-state index >= 15 is 0 Å². The lowest BCUT2D eigenvalue weighted by Gasteiger charge is -1.94. The summed E-state index contributed by atoms with van der Waals surface area (Å²) < 4.78 is 1.33. The number of rotatable bonds is 6. The van der Waals surface area contributed by atoms with Crippen LogP contribution in [0.5, 0.6) is 0 Å². The summed E-state index contributed by atoms with van der Waals surface area (Å²) in [6.45, 7) is 2.13. The summed E-state index contributed by atoms with van der Waals surface area (Å²) in [4.78, 5) is 11.6. The molecule has 0 atom stereocenters. The third kappa shape index (κ3) is 4.15. The second-order valence-corrected chi connectivity index (χ2v) is 5.63. The fraction of sp³-hybridized carbons (Fsp3) is 0.500. The number of carboxylic acid groups (broad SMARTS) is 1. The molecule has 78 valence electrons. The predicted molar refractivity (Wildman–Crippen MR) is 61.3 cm³/mol. The molecule has 1 N–H and O–H groups in total. The fourth-order valence-electron chi connectivity index (χ4n) is 1.13. The lowest BCUT2D eigenvalue weighted by Crippen LogP contribution is -1.94. The van der Waals surface area contributed by atoms with Crippen LogP contribution in [0.2, 0.25) is 0 Å². The summed E-state index contributed by atoms with van der Waals surface area (Å²) in [6, 6.07) is 4.22. The smallest absolute Gasteiger partial charge is 0.303 e. The molecule has 1 rings (SSSR count). The normalized spacial score (nSPS) is 10.4. The van der Waals surface area contributed by atoms with Crippen molar-refractivity contribution in [2.24, 2.45) is 0 Å². The Labute approximate surface area is 92.3 Å². The zero-order valence-electron chi connectivity index (χ0n) is 8.16. The highest BCUT2D eigenvalue weighted by Gasteiger charge is 2.01. The lowest BCUT2D eigenvalue weighted by molar-refractivity contribution is -0.137. The van der Waals surface area contributed by atoms with Crippen LogP contribution in [0.4, 0.5) is 0 Å². The Morgan fingerprint density at radius 2 is 2.36 bits per heavy atom. The molecule has 0 radical (unpaired) electrons. The summed E-state index contributed by atoms with van der Waals surface area (Å²) in [5.41, 5.74) is 0. The maximum atomic E-state index is 10.3. The second kappa shape index (κ2) is 6.09. The van der Waals surface area contributed by atoms with Gasteiger partial charge < -0.3 is 5.11 Å². The van der Waals surface area contributed by atoms with Gasteiger partial charge in [0.25, 0.3) is 0 Å². The zero-order valence-corrected chi connectivity index (χ0v) is 9.79. The number of aliphatic carboxylic acids is 1. The molecule has 0 spiro atoms. The molecule has 0 fully saturated rings. The highest BCUT2D eigenvalue weighted by atomic mass is 32.2. The quantitative estimate of drug-likeness (QED) is 0.762. The molecule has 1 aromatic heterocycles. The average Bonchev–Trinajstić information content (AvgIpc) is 2.53. The number of aryl methyl sites for hydroxylation is 1. The summed E-state index contributed by atoms with van der Waals surface area (Å²) in [7, 11) is 0. The number of thiophene rings is 1. The Kier molecular flexibility index (Phi) is 5.04. The van der Waals surface area contributed by atoms with Crippen molar-refractivity contribution in [3.05, 3.63) is 17.0 Å². The minimum Gasteiger partial charge on any atom is -0.481 e. The third-order valence-electron chi connectivity index (χ3n) is 1.74. The van der Waals surface area contributed by atoms with Crippen LogP contribution >= 0.6 is 23.1 Å². The Bertz CT molecular complexity index is 294. The van der Waals surface area contributed by atoms with Gasteiger partial charge in [0, 0.05) is 11.3 Å². The topological polar surface area (TPSA) is 37.3 Å². The Balaban J connectivity index is 2.32. The summed E-state index contributed by atoms with van der Waals surface area (Å²) in [5, 5.41) is 8.48. The van der Waals surface area contributed by atoms with E-state index in [1.807, 2.05) is 11.8 Å². The first-order valence-corrected chi connectivity index (χ1v) is 6.46. The van der Waals surface area contributed by atoms with E-state index in [0.29, 0.717) is 0 Å². The second-order valence-electron chi connectivity index (χ2n) is 2.90. The van der Waals surface area contributed by atoms with Crippen LogP contribution in [0.1, 0.15) is 24.6 Å². The minimum atomic E-state index is -0.704. The summed E-state index contributed by atoms with van der Waals surface area (Å²) in [6.07, 6.45) is 1.90. The van der Waals surface area contributed by atoms with E-state index in [9.17, 15) is 4.79 Å². The third-order valence-corrected chi connectivity index (χ3v) is 3.99. The Hall–Kier alpha value is -0.480. The van der Waals surface area contributed by atoms with Gasteiger partial charge >= 0.3 is 5.97 Å². The predicted octanol–water partition coefficient (Wildman–Crippen LogP) is 3.27. The standard InChI is InChI=1S/C10H14O2S2/c1-2-13-10-7-6-8(14-10)4-3-5-9(11)12/h6-7H,2-5H2,1H3,(H,11,12). The van der Waals surface area contributed by atoms with Gasteiger partial charge in [0.05, 0.1) is 4.21 Å². The van der Waals surface area contributed by atoms with E-state index in [1.54, 1.807) is 11.3 Å². The van der Waals surface area contributed by atoms with Crippen LogP contribution in [-0.2, 0) is 11.2 Å². The van der Waals surface area contributed by atoms with Crippen LogP contribution in [0, 0.1) is 0 Å². The largest absolute Gasteiger partial charge is 0.481 e. The van der Waals surface area contributed by atoms with Crippen molar-refractivity contribution in [1.29, 1.82) is 0 Å². The molecule has 2 nitrogen and oxygen atoms in total. The van der Waals surface area contributed by atoms with Crippen LogP contribution in [0.15, 0.2) is 16.3 Å². The van der Waals surface area contributed by atoms with Gasteiger partial charge in [0.15, 0.2) is 0 Å². The molecule has 0 saturated carbocycles. The molecule has 1 aromatic rings. The molecule has 0 unspecified atom stereocenters. The van der Waals surface area contributed by atoms with E-state index in [0.717, 1.165) is 18.6 Å². The summed E-state index contributed by atoms with van der Waals surface area (Å²) >= 11 is 3.62. The molecule has 0 aliphatic carbocycles. The van der Waals surface area contributed by atoms with Gasteiger partial charge in [-0.15, -0.1) is 23.1 Å². The molecule has 0 aliphatic rings. The van der Waals surface area contributed by atoms with E-state index in [-0.39, 0.29) is 6.42 Å². The van der Waals surface area contributed by atoms with Crippen LogP contribution in [0.25, 0.3) is 0 Å². The summed E-state index contributed by atoms with van der Waals surface area (Å²) in [5.74, 6) is 0.388. The molecule has 1 heterocycles. The number of hydrogen-bond acceptors (Lipinski definition) is 3. The number of carbonyl (C=O) groups is 1. The highest BCUT2D eigenvalue weighted by molar-refractivity contribution is 8.01. The van der Waals surface area contributed by atoms with Gasteiger partial charge in [-0.3, -0.25) is 4.79 Å². The van der Waals surface area contributed by atoms with Gasteiger partial charge in [0.1, 0.15) is 0 Å². The molecule has 4 heteroatoms. The minimum absolute atomic E-state index is 0.272. The van der Waals surface area contributed by atoms with Gasteiger partial charge in [-0.1, -0.05) is 6.92 Å². The van der Waals surface area contributed by atoms with E-state index in [1.165, 1.54) is 9.09 Å². The molecule has 0 bridgehead atoms. The molecule has 0 saturated heterocycles. The number of hydrogen-bond donors (Lipinski definition) is 1. The molecule has 14 heavy (non-hydrogen) atoms. The van der Waals surface area contributed by atoms with E-state index < -0.39 is 5.97 Å². The molecule has 0 aliphatic heterocycles. The number of carboxylic acids is 1. The van der Waals surface area contributed by atoms with Crippen molar-refractivity contribution in [1.82, 2.24) is 0 Å². The first kappa shape index (κ1) is 11.6. The van der Waals surface area contributed by atoms with Crippen molar-refractivity contribution in [2.45, 2.75) is 30.4 Å². The van der Waals surface area contributed by atoms with Crippen LogP contribution < -0.4 is 0 Å². The van der Waals surface area contributed by atoms with E-state index in [4.69, 9.17) is 5.11 Å². The van der Waals surface area contributed by atoms with Crippen molar-refractivity contribution in [3.8, 4) is 0 Å². The van der Waals surface area contributed by atoms with Crippen LogP contribution in [-0.4, -0.2) is 16.8 Å². The molecular formula is C10H14O2S2. The maximum absolute atomic E-state index is 10.3. The highest BCUT2D eigenvalue weighted by Crippen LogP contribution is 2.27. The van der Waals surface area contributed by atoms with Gasteiger partial charge in [-0.25, -0.2) is 0 Å².